The molecule has 4 nitrogen and oxygen atoms in total. The standard InChI is InChI=1S/C9H4N2O2/c1-2-6-3-7-9(11-4-6)13-8(12)5-10-7/h1,3-5H. The third-order valence-electron chi connectivity index (χ3n) is 1.51. The van der Waals surface area contributed by atoms with Gasteiger partial charge in [0.25, 0.3) is 0 Å². The molecule has 0 amide bonds. The van der Waals surface area contributed by atoms with Crippen LogP contribution in [-0.2, 0) is 0 Å². The van der Waals surface area contributed by atoms with Gasteiger partial charge in [-0.1, -0.05) is 5.92 Å². The summed E-state index contributed by atoms with van der Waals surface area (Å²) in [7, 11) is 0. The molecule has 0 aliphatic heterocycles. The van der Waals surface area contributed by atoms with Crippen molar-refractivity contribution in [3.05, 3.63) is 34.4 Å². The van der Waals surface area contributed by atoms with E-state index in [2.05, 4.69) is 15.9 Å². The SMILES string of the molecule is C#Cc1cnc2oc(=O)cnc2c1. The first-order valence-corrected chi connectivity index (χ1v) is 3.52. The Bertz CT molecular complexity index is 551. The third kappa shape index (κ3) is 1.27. The lowest BCUT2D eigenvalue weighted by molar-refractivity contribution is 0.543. The molecular formula is C9H4N2O2. The van der Waals surface area contributed by atoms with Crippen LogP contribution in [0.5, 0.6) is 0 Å². The molecular weight excluding hydrogens is 168 g/mol. The van der Waals surface area contributed by atoms with Crippen molar-refractivity contribution >= 4 is 11.2 Å². The Labute approximate surface area is 73.2 Å². The van der Waals surface area contributed by atoms with E-state index in [0.29, 0.717) is 11.1 Å². The molecule has 0 saturated carbocycles. The first-order valence-electron chi connectivity index (χ1n) is 3.52. The van der Waals surface area contributed by atoms with Crippen LogP contribution in [-0.4, -0.2) is 9.97 Å². The first-order chi connectivity index (χ1) is 6.29. The van der Waals surface area contributed by atoms with Crippen molar-refractivity contribution in [3.8, 4) is 12.3 Å². The first kappa shape index (κ1) is 7.50. The van der Waals surface area contributed by atoms with E-state index in [9.17, 15) is 4.79 Å². The molecule has 2 aromatic heterocycles. The second-order valence-electron chi connectivity index (χ2n) is 2.37. The lowest BCUT2D eigenvalue weighted by atomic mass is 10.3. The van der Waals surface area contributed by atoms with E-state index >= 15 is 0 Å². The van der Waals surface area contributed by atoms with Crippen molar-refractivity contribution in [2.75, 3.05) is 0 Å². The van der Waals surface area contributed by atoms with Gasteiger partial charge in [-0.2, -0.15) is 0 Å². The van der Waals surface area contributed by atoms with Crippen LogP contribution in [0.4, 0.5) is 0 Å². The molecule has 2 rings (SSSR count). The molecule has 0 fully saturated rings. The van der Waals surface area contributed by atoms with Gasteiger partial charge in [0.05, 0.1) is 0 Å². The van der Waals surface area contributed by atoms with Gasteiger partial charge in [0, 0.05) is 11.8 Å². The lowest BCUT2D eigenvalue weighted by Gasteiger charge is -1.93. The molecule has 0 aliphatic rings. The smallest absolute Gasteiger partial charge is 0.356 e. The summed E-state index contributed by atoms with van der Waals surface area (Å²) in [5, 5.41) is 0. The highest BCUT2D eigenvalue weighted by Gasteiger charge is 1.99. The summed E-state index contributed by atoms with van der Waals surface area (Å²) in [6.07, 6.45) is 7.70. The van der Waals surface area contributed by atoms with Gasteiger partial charge < -0.3 is 4.42 Å². The maximum Gasteiger partial charge on any atom is 0.356 e. The third-order valence-corrected chi connectivity index (χ3v) is 1.51. The molecule has 0 N–H and O–H groups in total. The van der Waals surface area contributed by atoms with E-state index in [4.69, 9.17) is 10.8 Å². The molecule has 0 bridgehead atoms. The number of pyridine rings is 1. The second-order valence-corrected chi connectivity index (χ2v) is 2.37. The number of nitrogens with zero attached hydrogens (tertiary/aromatic N) is 2. The maximum atomic E-state index is 10.7. The van der Waals surface area contributed by atoms with E-state index in [1.807, 2.05) is 0 Å². The molecule has 13 heavy (non-hydrogen) atoms. The number of terminal acetylenes is 1. The normalized spacial score (nSPS) is 9.77. The predicted molar refractivity (Wildman–Crippen MR) is 46.0 cm³/mol. The molecule has 0 unspecified atom stereocenters. The molecule has 0 aliphatic carbocycles. The zero-order chi connectivity index (χ0) is 9.26. The van der Waals surface area contributed by atoms with Crippen LogP contribution in [0.1, 0.15) is 5.56 Å². The molecule has 0 spiro atoms. The number of hydrogen-bond acceptors (Lipinski definition) is 4. The van der Waals surface area contributed by atoms with Gasteiger partial charge in [-0.25, -0.2) is 14.8 Å². The summed E-state index contributed by atoms with van der Waals surface area (Å²) in [5.74, 6) is 2.41. The summed E-state index contributed by atoms with van der Waals surface area (Å²) in [5.41, 5.74) is 0.767. The minimum Gasteiger partial charge on any atom is -0.401 e. The molecule has 0 aromatic carbocycles. The topological polar surface area (TPSA) is 56.0 Å². The van der Waals surface area contributed by atoms with Gasteiger partial charge in [0.1, 0.15) is 11.7 Å². The van der Waals surface area contributed by atoms with Crippen LogP contribution in [0.25, 0.3) is 11.2 Å². The summed E-state index contributed by atoms with van der Waals surface area (Å²) < 4.78 is 4.76. The van der Waals surface area contributed by atoms with Gasteiger partial charge in [-0.3, -0.25) is 0 Å². The van der Waals surface area contributed by atoms with Gasteiger partial charge in [-0.05, 0) is 6.07 Å². The average Bonchev–Trinajstić information content (AvgIpc) is 2.17. The van der Waals surface area contributed by atoms with Crippen LogP contribution in [0, 0.1) is 12.3 Å². The van der Waals surface area contributed by atoms with E-state index in [1.54, 1.807) is 6.07 Å². The van der Waals surface area contributed by atoms with E-state index < -0.39 is 5.63 Å². The Hall–Kier alpha value is -2.15. The predicted octanol–water partition coefficient (Wildman–Crippen LogP) is 0.564. The minimum atomic E-state index is -0.520. The number of fused-ring (bicyclic) bond motifs is 1. The van der Waals surface area contributed by atoms with Crippen LogP contribution >= 0.6 is 0 Å². The number of hydrogen-bond donors (Lipinski definition) is 0. The number of aromatic nitrogens is 2. The van der Waals surface area contributed by atoms with Crippen molar-refractivity contribution in [2.24, 2.45) is 0 Å². The maximum absolute atomic E-state index is 10.7. The van der Waals surface area contributed by atoms with Gasteiger partial charge >= 0.3 is 5.63 Å². The highest BCUT2D eigenvalue weighted by Crippen LogP contribution is 2.06. The van der Waals surface area contributed by atoms with Crippen molar-refractivity contribution < 1.29 is 4.42 Å². The van der Waals surface area contributed by atoms with E-state index in [0.717, 1.165) is 6.20 Å². The largest absolute Gasteiger partial charge is 0.401 e. The highest BCUT2D eigenvalue weighted by molar-refractivity contribution is 5.68. The van der Waals surface area contributed by atoms with Crippen molar-refractivity contribution in [2.45, 2.75) is 0 Å². The van der Waals surface area contributed by atoms with Crippen LogP contribution in [0.2, 0.25) is 0 Å². The average molecular weight is 172 g/mol. The van der Waals surface area contributed by atoms with E-state index in [-0.39, 0.29) is 5.71 Å². The minimum absolute atomic E-state index is 0.200. The fourth-order valence-electron chi connectivity index (χ4n) is 0.935. The molecule has 4 heteroatoms. The Balaban J connectivity index is 2.82. The van der Waals surface area contributed by atoms with Crippen LogP contribution < -0.4 is 5.63 Å². The van der Waals surface area contributed by atoms with Crippen molar-refractivity contribution in [1.82, 2.24) is 9.97 Å². The quantitative estimate of drug-likeness (QED) is 0.545. The lowest BCUT2D eigenvalue weighted by Crippen LogP contribution is -1.98. The fraction of sp³-hybridized carbons (Fsp3) is 0. The van der Waals surface area contributed by atoms with Gasteiger partial charge in [-0.15, -0.1) is 6.42 Å². The molecule has 2 heterocycles. The van der Waals surface area contributed by atoms with Gasteiger partial charge in [0.2, 0.25) is 5.71 Å². The molecule has 2 aromatic rings. The summed E-state index contributed by atoms with van der Waals surface area (Å²) in [6, 6.07) is 1.63. The molecule has 62 valence electrons. The number of rotatable bonds is 0. The molecule has 0 atom stereocenters. The monoisotopic (exact) mass is 172 g/mol. The van der Waals surface area contributed by atoms with Crippen LogP contribution in [0.3, 0.4) is 0 Å². The Morgan fingerprint density at radius 1 is 1.38 bits per heavy atom. The summed E-state index contributed by atoms with van der Waals surface area (Å²) in [6.45, 7) is 0. The summed E-state index contributed by atoms with van der Waals surface area (Å²) in [4.78, 5) is 18.4. The Morgan fingerprint density at radius 3 is 3.00 bits per heavy atom. The summed E-state index contributed by atoms with van der Waals surface area (Å²) >= 11 is 0. The van der Waals surface area contributed by atoms with E-state index in [1.165, 1.54) is 6.20 Å². The Morgan fingerprint density at radius 2 is 2.23 bits per heavy atom. The second kappa shape index (κ2) is 2.72. The fourth-order valence-corrected chi connectivity index (χ4v) is 0.935. The van der Waals surface area contributed by atoms with Crippen molar-refractivity contribution in [1.29, 1.82) is 0 Å². The molecule has 0 radical (unpaired) electrons. The Kier molecular flexibility index (Phi) is 1.57. The van der Waals surface area contributed by atoms with Crippen LogP contribution in [0.15, 0.2) is 27.7 Å². The zero-order valence-corrected chi connectivity index (χ0v) is 6.52. The molecule has 0 saturated heterocycles. The van der Waals surface area contributed by atoms with Crippen molar-refractivity contribution in [3.63, 3.8) is 0 Å². The van der Waals surface area contributed by atoms with Gasteiger partial charge in [0.15, 0.2) is 0 Å². The zero-order valence-electron chi connectivity index (χ0n) is 6.52. The highest BCUT2D eigenvalue weighted by atomic mass is 16.4.